The molecule has 1 aliphatic carbocycles. The smallest absolute Gasteiger partial charge is 0.302 e. The number of aliphatic imine (C=N–C) groups is 1. The van der Waals surface area contributed by atoms with Crippen LogP contribution in [0.4, 0.5) is 5.69 Å². The summed E-state index contributed by atoms with van der Waals surface area (Å²) >= 11 is 0. The number of benzene rings is 1. The molecule has 0 radical (unpaired) electrons. The van der Waals surface area contributed by atoms with Gasteiger partial charge in [0.05, 0.1) is 22.9 Å². The van der Waals surface area contributed by atoms with E-state index < -0.39 is 0 Å². The second-order valence-electron chi connectivity index (χ2n) is 8.26. The van der Waals surface area contributed by atoms with Gasteiger partial charge in [-0.3, -0.25) is 14.7 Å². The van der Waals surface area contributed by atoms with Crippen LogP contribution in [0.2, 0.25) is 0 Å². The molecule has 1 saturated carbocycles. The van der Waals surface area contributed by atoms with Crippen molar-refractivity contribution in [1.29, 1.82) is 0 Å². The Labute approximate surface area is 147 Å². The third-order valence-corrected chi connectivity index (χ3v) is 7.48. The summed E-state index contributed by atoms with van der Waals surface area (Å²) in [5, 5.41) is 0. The Morgan fingerprint density at radius 1 is 1.40 bits per heavy atom. The summed E-state index contributed by atoms with van der Waals surface area (Å²) in [5.74, 6) is 0.778. The number of fused-ring (bicyclic) bond motifs is 2. The zero-order valence-corrected chi connectivity index (χ0v) is 14.6. The standard InChI is InChI=1S/C21H22N2O2/c1-3-12-10-23-16-8-13(12)18-17(23)9-21(20(18)25-11(2)24)14-6-4-5-7-15(14)22-19(16)21/h3-7,13,16-18,20H,8-10H2,1-2H3/b12-3-/t13?,16-,17-,18?,20+,21?/m0/s1. The Morgan fingerprint density at radius 2 is 2.24 bits per heavy atom. The number of hydrogen-bond donors (Lipinski definition) is 0. The van der Waals surface area contributed by atoms with Gasteiger partial charge in [-0.25, -0.2) is 0 Å². The van der Waals surface area contributed by atoms with Gasteiger partial charge in [-0.2, -0.15) is 0 Å². The molecular weight excluding hydrogens is 312 g/mol. The lowest BCUT2D eigenvalue weighted by molar-refractivity contribution is -0.152. The van der Waals surface area contributed by atoms with E-state index in [-0.39, 0.29) is 17.5 Å². The normalized spacial score (nSPS) is 46.2. The quantitative estimate of drug-likeness (QED) is 0.586. The Hall–Kier alpha value is -1.94. The number of ether oxygens (including phenoxy) is 1. The Morgan fingerprint density at radius 3 is 3.04 bits per heavy atom. The van der Waals surface area contributed by atoms with Crippen molar-refractivity contribution < 1.29 is 9.53 Å². The van der Waals surface area contributed by atoms with Crippen molar-refractivity contribution in [3.05, 3.63) is 41.5 Å². The summed E-state index contributed by atoms with van der Waals surface area (Å²) < 4.78 is 6.09. The summed E-state index contributed by atoms with van der Waals surface area (Å²) in [7, 11) is 0. The van der Waals surface area contributed by atoms with Gasteiger partial charge >= 0.3 is 5.97 Å². The second-order valence-corrected chi connectivity index (χ2v) is 8.26. The van der Waals surface area contributed by atoms with Gasteiger partial charge in [0.2, 0.25) is 0 Å². The fourth-order valence-corrected chi connectivity index (χ4v) is 6.78. The van der Waals surface area contributed by atoms with E-state index in [1.54, 1.807) is 6.92 Å². The van der Waals surface area contributed by atoms with Crippen molar-refractivity contribution >= 4 is 17.4 Å². The summed E-state index contributed by atoms with van der Waals surface area (Å²) in [6.07, 6.45) is 4.40. The molecule has 4 saturated heterocycles. The predicted octanol–water partition coefficient (Wildman–Crippen LogP) is 2.99. The van der Waals surface area contributed by atoms with Crippen LogP contribution in [0.5, 0.6) is 0 Å². The lowest BCUT2D eigenvalue weighted by Gasteiger charge is -2.55. The van der Waals surface area contributed by atoms with E-state index in [4.69, 9.17) is 9.73 Å². The zero-order valence-electron chi connectivity index (χ0n) is 14.6. The first kappa shape index (κ1) is 14.3. The van der Waals surface area contributed by atoms with Crippen molar-refractivity contribution in [2.45, 2.75) is 50.3 Å². The average molecular weight is 334 g/mol. The van der Waals surface area contributed by atoms with Crippen LogP contribution in [0.1, 0.15) is 32.3 Å². The molecule has 4 heteroatoms. The summed E-state index contributed by atoms with van der Waals surface area (Å²) in [5.41, 5.74) is 5.00. The molecule has 25 heavy (non-hydrogen) atoms. The van der Waals surface area contributed by atoms with Crippen LogP contribution in [-0.2, 0) is 14.9 Å². The first-order valence-electron chi connectivity index (χ1n) is 9.42. The van der Waals surface area contributed by atoms with E-state index >= 15 is 0 Å². The van der Waals surface area contributed by atoms with Crippen LogP contribution >= 0.6 is 0 Å². The van der Waals surface area contributed by atoms with E-state index in [9.17, 15) is 4.79 Å². The van der Waals surface area contributed by atoms with Crippen LogP contribution in [0.15, 0.2) is 40.9 Å². The van der Waals surface area contributed by atoms with Gasteiger partial charge < -0.3 is 4.74 Å². The lowest BCUT2D eigenvalue weighted by atomic mass is 9.66. The first-order chi connectivity index (χ1) is 12.1. The molecule has 4 unspecified atom stereocenters. The maximum absolute atomic E-state index is 12.0. The Bertz CT molecular complexity index is 872. The molecule has 5 bridgehead atoms. The highest BCUT2D eigenvalue weighted by Gasteiger charge is 2.73. The van der Waals surface area contributed by atoms with Gasteiger partial charge in [0, 0.05) is 25.4 Å². The lowest BCUT2D eigenvalue weighted by Crippen LogP contribution is -2.64. The van der Waals surface area contributed by atoms with Crippen molar-refractivity contribution in [3.63, 3.8) is 0 Å². The summed E-state index contributed by atoms with van der Waals surface area (Å²) in [6.45, 7) is 4.77. The molecule has 0 N–H and O–H groups in total. The number of carbonyl (C=O) groups is 1. The molecule has 4 nitrogen and oxygen atoms in total. The molecule has 5 fully saturated rings. The fraction of sp³-hybridized carbons (Fsp3) is 0.524. The molecule has 7 atom stereocenters. The largest absolute Gasteiger partial charge is 0.461 e. The monoisotopic (exact) mass is 334 g/mol. The number of esters is 1. The number of rotatable bonds is 1. The molecular formula is C21H22N2O2. The zero-order chi connectivity index (χ0) is 16.9. The third kappa shape index (κ3) is 1.46. The van der Waals surface area contributed by atoms with Crippen molar-refractivity contribution in [2.75, 3.05) is 6.54 Å². The molecule has 1 spiro atoms. The van der Waals surface area contributed by atoms with Gasteiger partial charge in [-0.15, -0.1) is 0 Å². The van der Waals surface area contributed by atoms with Gasteiger partial charge in [-0.1, -0.05) is 29.8 Å². The number of allylic oxidation sites excluding steroid dienone is 1. The van der Waals surface area contributed by atoms with Crippen molar-refractivity contribution in [2.24, 2.45) is 16.8 Å². The molecule has 5 heterocycles. The number of piperidine rings is 4. The highest BCUT2D eigenvalue weighted by atomic mass is 16.5. The highest BCUT2D eigenvalue weighted by molar-refractivity contribution is 6.08. The minimum Gasteiger partial charge on any atom is -0.461 e. The molecule has 5 aliphatic heterocycles. The van der Waals surface area contributed by atoms with Gasteiger partial charge in [-0.05, 0) is 37.3 Å². The molecule has 0 amide bonds. The molecule has 1 aromatic rings. The van der Waals surface area contributed by atoms with E-state index in [0.717, 1.165) is 25.1 Å². The van der Waals surface area contributed by atoms with Crippen molar-refractivity contribution in [1.82, 2.24) is 4.90 Å². The van der Waals surface area contributed by atoms with E-state index in [2.05, 4.69) is 42.2 Å². The molecule has 0 aromatic heterocycles. The Kier molecular flexibility index (Phi) is 2.52. The van der Waals surface area contributed by atoms with Crippen LogP contribution in [0.25, 0.3) is 0 Å². The average Bonchev–Trinajstić information content (AvgIpc) is 3.09. The summed E-state index contributed by atoms with van der Waals surface area (Å²) in [4.78, 5) is 19.8. The maximum atomic E-state index is 12.0. The predicted molar refractivity (Wildman–Crippen MR) is 95.0 cm³/mol. The topological polar surface area (TPSA) is 41.9 Å². The van der Waals surface area contributed by atoms with Crippen LogP contribution in [0.3, 0.4) is 0 Å². The van der Waals surface area contributed by atoms with E-state index in [1.807, 2.05) is 0 Å². The van der Waals surface area contributed by atoms with E-state index in [1.165, 1.54) is 16.8 Å². The molecule has 128 valence electrons. The van der Waals surface area contributed by atoms with Gasteiger partial charge in [0.1, 0.15) is 6.10 Å². The van der Waals surface area contributed by atoms with E-state index in [0.29, 0.717) is 23.9 Å². The first-order valence-corrected chi connectivity index (χ1v) is 9.42. The van der Waals surface area contributed by atoms with Gasteiger partial charge in [0.25, 0.3) is 0 Å². The number of para-hydroxylation sites is 1. The van der Waals surface area contributed by atoms with Crippen LogP contribution in [-0.4, -0.2) is 41.3 Å². The summed E-state index contributed by atoms with van der Waals surface area (Å²) in [6, 6.07) is 9.42. The SMILES string of the molecule is C/C=C1/CN2[C@H]3CC1C1[C@@H](OC(C)=O)C4(C[C@@H]12)C3=Nc1ccccc14. The maximum Gasteiger partial charge on any atom is 0.302 e. The highest BCUT2D eigenvalue weighted by Crippen LogP contribution is 2.66. The molecule has 7 rings (SSSR count). The van der Waals surface area contributed by atoms with Gasteiger partial charge in [0.15, 0.2) is 0 Å². The number of hydrogen-bond acceptors (Lipinski definition) is 4. The van der Waals surface area contributed by atoms with Crippen LogP contribution < -0.4 is 0 Å². The van der Waals surface area contributed by atoms with Crippen LogP contribution in [0, 0.1) is 11.8 Å². The fourth-order valence-electron chi connectivity index (χ4n) is 6.78. The number of nitrogens with zero attached hydrogens (tertiary/aromatic N) is 2. The minimum absolute atomic E-state index is 0.0763. The Balaban J connectivity index is 1.62. The second kappa shape index (κ2) is 4.42. The minimum atomic E-state index is -0.184. The molecule has 1 aromatic carbocycles. The third-order valence-electron chi connectivity index (χ3n) is 7.48. The van der Waals surface area contributed by atoms with Crippen molar-refractivity contribution in [3.8, 4) is 0 Å². The molecule has 6 aliphatic rings. The number of carbonyl (C=O) groups excluding carboxylic acids is 1.